The monoisotopic (exact) mass is 304 g/mol. The van der Waals surface area contributed by atoms with Crippen LogP contribution in [0, 0.1) is 5.82 Å². The third-order valence-electron chi connectivity index (χ3n) is 4.13. The molecule has 1 atom stereocenters. The number of likely N-dealkylation sites (tertiary alicyclic amines) is 1. The molecule has 1 saturated heterocycles. The smallest absolute Gasteiger partial charge is 0.247 e. The molecule has 0 radical (unpaired) electrons. The second-order valence-electron chi connectivity index (χ2n) is 6.28. The van der Waals surface area contributed by atoms with Crippen molar-refractivity contribution in [3.8, 4) is 0 Å². The van der Waals surface area contributed by atoms with E-state index in [4.69, 9.17) is 0 Å². The SMILES string of the molecule is C/C(=C/C(=O)N1CCCCC1CN(C)C)c1ccc(F)cc1. The van der Waals surface area contributed by atoms with Crippen LogP contribution in [0.25, 0.3) is 5.57 Å². The van der Waals surface area contributed by atoms with E-state index in [2.05, 4.69) is 4.90 Å². The number of hydrogen-bond acceptors (Lipinski definition) is 2. The van der Waals surface area contributed by atoms with Gasteiger partial charge in [-0.2, -0.15) is 0 Å². The highest BCUT2D eigenvalue weighted by Gasteiger charge is 2.25. The minimum Gasteiger partial charge on any atom is -0.335 e. The van der Waals surface area contributed by atoms with Crippen molar-refractivity contribution in [3.63, 3.8) is 0 Å². The Kier molecular flexibility index (Phi) is 5.72. The molecule has 1 aliphatic rings. The first-order chi connectivity index (χ1) is 10.5. The lowest BCUT2D eigenvalue weighted by molar-refractivity contribution is -0.129. The second-order valence-corrected chi connectivity index (χ2v) is 6.28. The van der Waals surface area contributed by atoms with Crippen LogP contribution in [0.4, 0.5) is 4.39 Å². The van der Waals surface area contributed by atoms with E-state index in [1.54, 1.807) is 18.2 Å². The number of allylic oxidation sites excluding steroid dienone is 1. The van der Waals surface area contributed by atoms with Crippen LogP contribution in [0.15, 0.2) is 30.3 Å². The normalized spacial score (nSPS) is 19.6. The van der Waals surface area contributed by atoms with Crippen LogP contribution in [0.1, 0.15) is 31.7 Å². The van der Waals surface area contributed by atoms with Crippen molar-refractivity contribution in [1.82, 2.24) is 9.80 Å². The molecule has 2 rings (SSSR count). The molecule has 120 valence electrons. The minimum atomic E-state index is -0.259. The number of halogens is 1. The molecule has 1 amide bonds. The summed E-state index contributed by atoms with van der Waals surface area (Å²) in [7, 11) is 4.08. The quantitative estimate of drug-likeness (QED) is 0.798. The average Bonchev–Trinajstić information content (AvgIpc) is 2.47. The zero-order valence-electron chi connectivity index (χ0n) is 13.7. The molecule has 3 nitrogen and oxygen atoms in total. The molecule has 1 aromatic rings. The Labute approximate surface area is 132 Å². The predicted molar refractivity (Wildman–Crippen MR) is 88.0 cm³/mol. The largest absolute Gasteiger partial charge is 0.335 e. The van der Waals surface area contributed by atoms with Crippen LogP contribution in [-0.2, 0) is 4.79 Å². The number of benzene rings is 1. The van der Waals surface area contributed by atoms with Gasteiger partial charge < -0.3 is 9.80 Å². The van der Waals surface area contributed by atoms with Crippen LogP contribution in [0.3, 0.4) is 0 Å². The third kappa shape index (κ3) is 4.41. The summed E-state index contributed by atoms with van der Waals surface area (Å²) in [5, 5.41) is 0. The van der Waals surface area contributed by atoms with Gasteiger partial charge in [0.1, 0.15) is 5.82 Å². The number of hydrogen-bond donors (Lipinski definition) is 0. The molecule has 0 N–H and O–H groups in total. The number of likely N-dealkylation sites (N-methyl/N-ethyl adjacent to an activating group) is 1. The lowest BCUT2D eigenvalue weighted by Gasteiger charge is -2.36. The van der Waals surface area contributed by atoms with Gasteiger partial charge in [-0.05, 0) is 63.6 Å². The van der Waals surface area contributed by atoms with Crippen molar-refractivity contribution in [1.29, 1.82) is 0 Å². The van der Waals surface area contributed by atoms with Gasteiger partial charge >= 0.3 is 0 Å². The molecule has 22 heavy (non-hydrogen) atoms. The Bertz CT molecular complexity index is 537. The number of carbonyl (C=O) groups excluding carboxylic acids is 1. The molecular formula is C18H25FN2O. The molecule has 1 unspecified atom stereocenters. The Morgan fingerprint density at radius 2 is 2.00 bits per heavy atom. The molecule has 1 heterocycles. The second kappa shape index (κ2) is 7.54. The van der Waals surface area contributed by atoms with Gasteiger partial charge in [0.15, 0.2) is 0 Å². The number of rotatable bonds is 4. The van der Waals surface area contributed by atoms with Crippen LogP contribution in [-0.4, -0.2) is 48.9 Å². The highest BCUT2D eigenvalue weighted by atomic mass is 19.1. The standard InChI is InChI=1S/C18H25FN2O/c1-14(15-7-9-16(19)10-8-15)12-18(22)21-11-5-4-6-17(21)13-20(2)3/h7-10,12,17H,4-6,11,13H2,1-3H3/b14-12-. The van der Waals surface area contributed by atoms with Crippen molar-refractivity contribution >= 4 is 11.5 Å². The highest BCUT2D eigenvalue weighted by molar-refractivity contribution is 5.95. The van der Waals surface area contributed by atoms with E-state index in [1.807, 2.05) is 25.9 Å². The van der Waals surface area contributed by atoms with Crippen LogP contribution < -0.4 is 0 Å². The Hall–Kier alpha value is -1.68. The van der Waals surface area contributed by atoms with E-state index in [0.29, 0.717) is 0 Å². The molecule has 1 aromatic carbocycles. The lowest BCUT2D eigenvalue weighted by Crippen LogP contribution is -2.47. The van der Waals surface area contributed by atoms with Gasteiger partial charge in [-0.1, -0.05) is 12.1 Å². The van der Waals surface area contributed by atoms with E-state index >= 15 is 0 Å². The molecule has 0 saturated carbocycles. The molecule has 0 spiro atoms. The molecule has 4 heteroatoms. The summed E-state index contributed by atoms with van der Waals surface area (Å²) >= 11 is 0. The zero-order valence-corrected chi connectivity index (χ0v) is 13.7. The van der Waals surface area contributed by atoms with Gasteiger partial charge in [0, 0.05) is 25.2 Å². The summed E-state index contributed by atoms with van der Waals surface area (Å²) < 4.78 is 13.0. The maximum atomic E-state index is 13.0. The summed E-state index contributed by atoms with van der Waals surface area (Å²) in [4.78, 5) is 16.7. The van der Waals surface area contributed by atoms with E-state index in [-0.39, 0.29) is 17.8 Å². The maximum absolute atomic E-state index is 13.0. The fraction of sp³-hybridized carbons (Fsp3) is 0.500. The van der Waals surface area contributed by atoms with Crippen LogP contribution in [0.2, 0.25) is 0 Å². The lowest BCUT2D eigenvalue weighted by atomic mass is 10.0. The number of carbonyl (C=O) groups is 1. The summed E-state index contributed by atoms with van der Waals surface area (Å²) in [6.45, 7) is 3.62. The van der Waals surface area contributed by atoms with E-state index in [1.165, 1.54) is 18.6 Å². The third-order valence-corrected chi connectivity index (χ3v) is 4.13. The Morgan fingerprint density at radius 1 is 1.32 bits per heavy atom. The molecular weight excluding hydrogens is 279 g/mol. The predicted octanol–water partition coefficient (Wildman–Crippen LogP) is 3.17. The van der Waals surface area contributed by atoms with Crippen molar-refractivity contribution < 1.29 is 9.18 Å². The molecule has 0 bridgehead atoms. The van der Waals surface area contributed by atoms with E-state index in [0.717, 1.165) is 37.1 Å². The number of nitrogens with zero attached hydrogens (tertiary/aromatic N) is 2. The first-order valence-electron chi connectivity index (χ1n) is 7.87. The fourth-order valence-corrected chi connectivity index (χ4v) is 2.97. The van der Waals surface area contributed by atoms with E-state index < -0.39 is 0 Å². The molecule has 0 aromatic heterocycles. The van der Waals surface area contributed by atoms with Gasteiger partial charge in [-0.3, -0.25) is 4.79 Å². The van der Waals surface area contributed by atoms with Gasteiger partial charge in [0.2, 0.25) is 5.91 Å². The van der Waals surface area contributed by atoms with Crippen molar-refractivity contribution in [3.05, 3.63) is 41.7 Å². The molecule has 1 aliphatic heterocycles. The number of piperidine rings is 1. The highest BCUT2D eigenvalue weighted by Crippen LogP contribution is 2.20. The van der Waals surface area contributed by atoms with Crippen molar-refractivity contribution in [2.45, 2.75) is 32.2 Å². The topological polar surface area (TPSA) is 23.6 Å². The fourth-order valence-electron chi connectivity index (χ4n) is 2.97. The Morgan fingerprint density at radius 3 is 2.64 bits per heavy atom. The molecule has 0 aliphatic carbocycles. The molecule has 1 fully saturated rings. The van der Waals surface area contributed by atoms with E-state index in [9.17, 15) is 9.18 Å². The maximum Gasteiger partial charge on any atom is 0.247 e. The van der Waals surface area contributed by atoms with Crippen LogP contribution in [0.5, 0.6) is 0 Å². The summed E-state index contributed by atoms with van der Waals surface area (Å²) in [5.74, 6) is -0.196. The first-order valence-corrected chi connectivity index (χ1v) is 7.87. The summed E-state index contributed by atoms with van der Waals surface area (Å²) in [6.07, 6.45) is 5.00. The van der Waals surface area contributed by atoms with Crippen LogP contribution >= 0.6 is 0 Å². The number of amides is 1. The summed E-state index contributed by atoms with van der Waals surface area (Å²) in [6, 6.07) is 6.55. The van der Waals surface area contributed by atoms with Crippen molar-refractivity contribution in [2.75, 3.05) is 27.2 Å². The van der Waals surface area contributed by atoms with Crippen molar-refractivity contribution in [2.24, 2.45) is 0 Å². The van der Waals surface area contributed by atoms with Gasteiger partial charge in [0.05, 0.1) is 0 Å². The van der Waals surface area contributed by atoms with Gasteiger partial charge in [-0.25, -0.2) is 4.39 Å². The zero-order chi connectivity index (χ0) is 16.1. The minimum absolute atomic E-state index is 0.0633. The van der Waals surface area contributed by atoms with Gasteiger partial charge in [0.25, 0.3) is 0 Å². The Balaban J connectivity index is 2.11. The van der Waals surface area contributed by atoms with Gasteiger partial charge in [-0.15, -0.1) is 0 Å². The summed E-state index contributed by atoms with van der Waals surface area (Å²) in [5.41, 5.74) is 1.76. The first kappa shape index (κ1) is 16.7. The average molecular weight is 304 g/mol.